The second-order valence-electron chi connectivity index (χ2n) is 10.3. The maximum Gasteiger partial charge on any atom is 0.0499 e. The first-order valence-electron chi connectivity index (χ1n) is 14.7. The number of anilines is 3. The second-order valence-corrected chi connectivity index (χ2v) is 12.2. The van der Waals surface area contributed by atoms with Gasteiger partial charge >= 0.3 is 0 Å². The van der Waals surface area contributed by atoms with Crippen molar-refractivity contribution >= 4 is 86.0 Å². The molecule has 0 N–H and O–H groups in total. The standard InChI is InChI=1S/C38H24BrNS.C2H6/c39-36-24-31(23-35-33-12-6-7-13-37(33)41-38(35)36)40(29-19-16-26(17-20-29)25-8-2-1-3-9-25)30-21-18-28-15-14-27-10-4-5-11-32(27)34(28)22-30;1-2/h1-24H;1-2H3. The molecule has 0 aliphatic rings. The minimum atomic E-state index is 1.11. The molecule has 0 bridgehead atoms. The summed E-state index contributed by atoms with van der Waals surface area (Å²) in [4.78, 5) is 2.38. The largest absolute Gasteiger partial charge is 0.310 e. The Morgan fingerprint density at radius 3 is 1.84 bits per heavy atom. The fraction of sp³-hybridized carbons (Fsp3) is 0.0500. The zero-order valence-electron chi connectivity index (χ0n) is 24.1. The molecule has 7 aromatic carbocycles. The van der Waals surface area contributed by atoms with E-state index >= 15 is 0 Å². The van der Waals surface area contributed by atoms with Crippen LogP contribution in [0.25, 0.3) is 52.8 Å². The molecule has 3 heteroatoms. The molecular weight excluding hydrogens is 606 g/mol. The highest BCUT2D eigenvalue weighted by Gasteiger charge is 2.18. The van der Waals surface area contributed by atoms with Gasteiger partial charge in [-0.3, -0.25) is 0 Å². The lowest BCUT2D eigenvalue weighted by Crippen LogP contribution is -2.10. The van der Waals surface area contributed by atoms with Gasteiger partial charge in [0.25, 0.3) is 0 Å². The van der Waals surface area contributed by atoms with Crippen molar-refractivity contribution in [3.05, 3.63) is 150 Å². The van der Waals surface area contributed by atoms with Crippen molar-refractivity contribution in [2.24, 2.45) is 0 Å². The van der Waals surface area contributed by atoms with E-state index in [-0.39, 0.29) is 0 Å². The second kappa shape index (κ2) is 11.7. The number of fused-ring (bicyclic) bond motifs is 6. The Balaban J connectivity index is 0.00000147. The number of benzene rings is 7. The van der Waals surface area contributed by atoms with Crippen molar-refractivity contribution in [2.75, 3.05) is 4.90 Å². The van der Waals surface area contributed by atoms with Crippen molar-refractivity contribution in [1.82, 2.24) is 0 Å². The Bertz CT molecular complexity index is 2210. The number of hydrogen-bond donors (Lipinski definition) is 0. The lowest BCUT2D eigenvalue weighted by atomic mass is 10.0. The summed E-state index contributed by atoms with van der Waals surface area (Å²) in [5, 5.41) is 7.59. The Labute approximate surface area is 264 Å². The first-order chi connectivity index (χ1) is 21.2. The van der Waals surface area contributed by atoms with Gasteiger partial charge in [0.05, 0.1) is 0 Å². The van der Waals surface area contributed by atoms with Crippen molar-refractivity contribution in [1.29, 1.82) is 0 Å². The van der Waals surface area contributed by atoms with E-state index in [9.17, 15) is 0 Å². The van der Waals surface area contributed by atoms with Crippen LogP contribution in [0.2, 0.25) is 0 Å². The van der Waals surface area contributed by atoms with Gasteiger partial charge in [0, 0.05) is 41.7 Å². The molecule has 1 nitrogen and oxygen atoms in total. The van der Waals surface area contributed by atoms with Crippen LogP contribution in [-0.2, 0) is 0 Å². The van der Waals surface area contributed by atoms with Gasteiger partial charge in [-0.2, -0.15) is 0 Å². The van der Waals surface area contributed by atoms with E-state index in [1.807, 2.05) is 25.2 Å². The van der Waals surface area contributed by atoms with Crippen LogP contribution in [0.3, 0.4) is 0 Å². The topological polar surface area (TPSA) is 3.24 Å². The zero-order chi connectivity index (χ0) is 29.3. The zero-order valence-corrected chi connectivity index (χ0v) is 26.5. The van der Waals surface area contributed by atoms with E-state index in [4.69, 9.17) is 0 Å². The molecule has 1 heterocycles. The molecule has 43 heavy (non-hydrogen) atoms. The van der Waals surface area contributed by atoms with Gasteiger partial charge in [0.15, 0.2) is 0 Å². The van der Waals surface area contributed by atoms with Crippen LogP contribution < -0.4 is 4.90 Å². The number of thiophene rings is 1. The SMILES string of the molecule is Brc1cc(N(c2ccc(-c3ccccc3)cc2)c2ccc3ccc4ccccc4c3c2)cc2c1sc1ccccc12.CC. The Morgan fingerprint density at radius 2 is 1.05 bits per heavy atom. The molecule has 0 amide bonds. The maximum atomic E-state index is 3.94. The lowest BCUT2D eigenvalue weighted by molar-refractivity contribution is 1.29. The average molecular weight is 637 g/mol. The third kappa shape index (κ3) is 4.99. The fourth-order valence-electron chi connectivity index (χ4n) is 5.91. The monoisotopic (exact) mass is 635 g/mol. The average Bonchev–Trinajstić information content (AvgIpc) is 3.46. The molecule has 1 aromatic heterocycles. The van der Waals surface area contributed by atoms with Gasteiger partial charge in [0.1, 0.15) is 0 Å². The van der Waals surface area contributed by atoms with E-state index < -0.39 is 0 Å². The van der Waals surface area contributed by atoms with Crippen LogP contribution >= 0.6 is 27.3 Å². The van der Waals surface area contributed by atoms with E-state index in [2.05, 4.69) is 166 Å². The van der Waals surface area contributed by atoms with Gasteiger partial charge < -0.3 is 4.90 Å². The summed E-state index contributed by atoms with van der Waals surface area (Å²) < 4.78 is 3.69. The normalized spacial score (nSPS) is 11.1. The number of halogens is 1. The highest BCUT2D eigenvalue weighted by atomic mass is 79.9. The van der Waals surface area contributed by atoms with E-state index in [1.54, 1.807) is 0 Å². The summed E-state index contributed by atoms with van der Waals surface area (Å²) in [5.74, 6) is 0. The molecular formula is C40H30BrNS. The molecule has 8 rings (SSSR count). The van der Waals surface area contributed by atoms with Gasteiger partial charge in [-0.15, -0.1) is 11.3 Å². The Hall–Kier alpha value is -4.44. The van der Waals surface area contributed by atoms with Crippen LogP contribution in [0.15, 0.2) is 150 Å². The third-order valence-corrected chi connectivity index (χ3v) is 10.0. The first-order valence-corrected chi connectivity index (χ1v) is 16.3. The molecule has 0 saturated carbocycles. The smallest absolute Gasteiger partial charge is 0.0499 e. The summed E-state index contributed by atoms with van der Waals surface area (Å²) in [5.41, 5.74) is 5.80. The van der Waals surface area contributed by atoms with Gasteiger partial charge in [-0.25, -0.2) is 0 Å². The van der Waals surface area contributed by atoms with Crippen molar-refractivity contribution in [3.63, 3.8) is 0 Å². The minimum absolute atomic E-state index is 1.11. The van der Waals surface area contributed by atoms with E-state index in [0.29, 0.717) is 0 Å². The number of rotatable bonds is 4. The number of hydrogen-bond acceptors (Lipinski definition) is 2. The lowest BCUT2D eigenvalue weighted by Gasteiger charge is -2.27. The predicted molar refractivity (Wildman–Crippen MR) is 194 cm³/mol. The molecule has 0 aliphatic heterocycles. The summed E-state index contributed by atoms with van der Waals surface area (Å²) in [6.07, 6.45) is 0. The van der Waals surface area contributed by atoms with E-state index in [1.165, 1.54) is 52.8 Å². The van der Waals surface area contributed by atoms with Crippen LogP contribution in [-0.4, -0.2) is 0 Å². The van der Waals surface area contributed by atoms with Crippen molar-refractivity contribution in [2.45, 2.75) is 13.8 Å². The van der Waals surface area contributed by atoms with Crippen molar-refractivity contribution < 1.29 is 0 Å². The summed E-state index contributed by atoms with van der Waals surface area (Å²) in [6.45, 7) is 4.00. The maximum absolute atomic E-state index is 3.94. The van der Waals surface area contributed by atoms with Crippen LogP contribution in [0.4, 0.5) is 17.1 Å². The highest BCUT2D eigenvalue weighted by Crippen LogP contribution is 2.45. The summed E-state index contributed by atoms with van der Waals surface area (Å²) >= 11 is 5.78. The molecule has 0 atom stereocenters. The number of nitrogens with zero attached hydrogens (tertiary/aromatic N) is 1. The van der Waals surface area contributed by atoms with Gasteiger partial charge in [-0.05, 0) is 91.1 Å². The molecule has 0 unspecified atom stereocenters. The van der Waals surface area contributed by atoms with Crippen LogP contribution in [0.1, 0.15) is 13.8 Å². The van der Waals surface area contributed by atoms with Crippen molar-refractivity contribution in [3.8, 4) is 11.1 Å². The molecule has 208 valence electrons. The predicted octanol–water partition coefficient (Wildman–Crippen LogP) is 13.3. The highest BCUT2D eigenvalue weighted by molar-refractivity contribution is 9.10. The van der Waals surface area contributed by atoms with E-state index in [0.717, 1.165) is 21.5 Å². The van der Waals surface area contributed by atoms with Gasteiger partial charge in [0.2, 0.25) is 0 Å². The Kier molecular flexibility index (Phi) is 7.44. The fourth-order valence-corrected chi connectivity index (χ4v) is 7.69. The van der Waals surface area contributed by atoms with Crippen LogP contribution in [0, 0.1) is 0 Å². The van der Waals surface area contributed by atoms with Crippen LogP contribution in [0.5, 0.6) is 0 Å². The molecule has 8 aromatic rings. The molecule has 0 fully saturated rings. The molecule has 0 aliphatic carbocycles. The molecule has 0 spiro atoms. The quantitative estimate of drug-likeness (QED) is 0.174. The molecule has 0 saturated heterocycles. The summed E-state index contributed by atoms with van der Waals surface area (Å²) in [7, 11) is 0. The summed E-state index contributed by atoms with van der Waals surface area (Å²) in [6, 6.07) is 52.7. The third-order valence-electron chi connectivity index (χ3n) is 7.90. The molecule has 0 radical (unpaired) electrons. The minimum Gasteiger partial charge on any atom is -0.310 e. The first kappa shape index (κ1) is 27.4. The van der Waals surface area contributed by atoms with Gasteiger partial charge in [-0.1, -0.05) is 117 Å². The Morgan fingerprint density at radius 1 is 0.465 bits per heavy atom.